The van der Waals surface area contributed by atoms with Crippen LogP contribution >= 0.6 is 0 Å². The van der Waals surface area contributed by atoms with Crippen molar-refractivity contribution in [3.8, 4) is 0 Å². The summed E-state index contributed by atoms with van der Waals surface area (Å²) in [5, 5.41) is 6.55. The lowest BCUT2D eigenvalue weighted by Gasteiger charge is -2.17. The fourth-order valence-corrected chi connectivity index (χ4v) is 4.17. The van der Waals surface area contributed by atoms with E-state index < -0.39 is 33.1 Å². The summed E-state index contributed by atoms with van der Waals surface area (Å²) in [7, 11) is -3.74. The molecule has 1 aromatic rings. The summed E-state index contributed by atoms with van der Waals surface area (Å²) in [6.45, 7) is 3.04. The van der Waals surface area contributed by atoms with Gasteiger partial charge in [-0.15, -0.1) is 0 Å². The van der Waals surface area contributed by atoms with E-state index in [2.05, 4.69) is 15.2 Å². The van der Waals surface area contributed by atoms with Crippen LogP contribution in [-0.4, -0.2) is 34.5 Å². The number of hydrogen-bond acceptors (Lipinski definition) is 6. The van der Waals surface area contributed by atoms with Gasteiger partial charge in [-0.2, -0.15) is 22.4 Å². The number of nitrogens with zero attached hydrogens (tertiary/aromatic N) is 2. The first kappa shape index (κ1) is 16.2. The van der Waals surface area contributed by atoms with Gasteiger partial charge in [-0.1, -0.05) is 0 Å². The Morgan fingerprint density at radius 3 is 2.57 bits per heavy atom. The van der Waals surface area contributed by atoms with Gasteiger partial charge in [-0.25, -0.2) is 13.2 Å². The Balaban J connectivity index is 1.94. The molecule has 1 N–H and O–H groups in total. The van der Waals surface area contributed by atoms with Crippen LogP contribution in [0.3, 0.4) is 0 Å². The number of carbonyl (C=O) groups excluding carboxylic acids is 1. The highest BCUT2D eigenvalue weighted by Gasteiger charge is 2.53. The molecule has 3 rings (SSSR count). The topological polar surface area (TPSA) is 90.3 Å². The molecule has 0 saturated heterocycles. The summed E-state index contributed by atoms with van der Waals surface area (Å²) >= 11 is 0. The van der Waals surface area contributed by atoms with Crippen LogP contribution in [0, 0.1) is 6.92 Å². The number of carbonyl (C=O) groups is 1. The number of alkyl halides is 3. The van der Waals surface area contributed by atoms with Crippen molar-refractivity contribution in [3.05, 3.63) is 17.0 Å². The number of esters is 1. The second-order valence-electron chi connectivity index (χ2n) is 5.91. The zero-order valence-corrected chi connectivity index (χ0v) is 13.1. The van der Waals surface area contributed by atoms with Gasteiger partial charge in [0.2, 0.25) is 0 Å². The molecule has 1 atom stereocenters. The van der Waals surface area contributed by atoms with Crippen LogP contribution in [0.15, 0.2) is 0 Å². The first-order valence-corrected chi connectivity index (χ1v) is 8.26. The molecule has 1 aliphatic heterocycles. The van der Waals surface area contributed by atoms with Crippen molar-refractivity contribution in [1.29, 1.82) is 0 Å². The molecule has 0 bridgehead atoms. The third kappa shape index (κ3) is 2.42. The quantitative estimate of drug-likeness (QED) is 0.820. The van der Waals surface area contributed by atoms with Gasteiger partial charge in [-0.05, 0) is 26.7 Å². The van der Waals surface area contributed by atoms with Gasteiger partial charge >= 0.3 is 12.1 Å². The van der Waals surface area contributed by atoms with E-state index in [0.29, 0.717) is 12.8 Å². The standard InChI is InChI=1S/C12H14F3N3O4S/c1-6-8-7(5-16-9(8)22-10(19)12(13,14)15)17-18(6)23(20,21)11(2)3-4-11/h9,16H,3-5H2,1-2H3. The van der Waals surface area contributed by atoms with Crippen LogP contribution in [0.25, 0.3) is 0 Å². The number of rotatable bonds is 3. The molecule has 11 heteroatoms. The second-order valence-corrected chi connectivity index (χ2v) is 8.19. The number of halogens is 3. The van der Waals surface area contributed by atoms with Gasteiger partial charge < -0.3 is 4.74 Å². The second kappa shape index (κ2) is 4.69. The van der Waals surface area contributed by atoms with Crippen LogP contribution in [0.4, 0.5) is 13.2 Å². The number of fused-ring (bicyclic) bond motifs is 1. The van der Waals surface area contributed by atoms with E-state index in [9.17, 15) is 26.4 Å². The maximum absolute atomic E-state index is 12.5. The molecule has 2 heterocycles. The van der Waals surface area contributed by atoms with Crippen molar-refractivity contribution in [2.45, 2.75) is 50.4 Å². The largest absolute Gasteiger partial charge is 0.490 e. The minimum Gasteiger partial charge on any atom is -0.435 e. The molecule has 1 aliphatic carbocycles. The smallest absolute Gasteiger partial charge is 0.435 e. The molecule has 1 saturated carbocycles. The van der Waals surface area contributed by atoms with E-state index in [1.807, 2.05) is 0 Å². The predicted octanol–water partition coefficient (Wildman–Crippen LogP) is 1.13. The van der Waals surface area contributed by atoms with Crippen molar-refractivity contribution < 1.29 is 31.1 Å². The third-order valence-corrected chi connectivity index (χ3v) is 6.64. The van der Waals surface area contributed by atoms with E-state index in [4.69, 9.17) is 0 Å². The van der Waals surface area contributed by atoms with E-state index >= 15 is 0 Å². The maximum atomic E-state index is 12.5. The molecule has 0 radical (unpaired) electrons. The summed E-state index contributed by atoms with van der Waals surface area (Å²) in [4.78, 5) is 11.0. The third-order valence-electron chi connectivity index (χ3n) is 4.18. The molecule has 1 fully saturated rings. The zero-order valence-electron chi connectivity index (χ0n) is 12.3. The highest BCUT2D eigenvalue weighted by Crippen LogP contribution is 2.45. The lowest BCUT2D eigenvalue weighted by molar-refractivity contribution is -0.206. The van der Waals surface area contributed by atoms with Crippen LogP contribution in [0.5, 0.6) is 0 Å². The van der Waals surface area contributed by atoms with Crippen LogP contribution in [0.2, 0.25) is 0 Å². The number of hydrogen-bond donors (Lipinski definition) is 1. The molecule has 1 unspecified atom stereocenters. The van der Waals surface area contributed by atoms with Gasteiger partial charge in [-0.3, -0.25) is 5.32 Å². The molecule has 128 valence electrons. The minimum absolute atomic E-state index is 0.0191. The average Bonchev–Trinajstić information content (AvgIpc) is 2.94. The fourth-order valence-electron chi connectivity index (χ4n) is 2.46. The van der Waals surface area contributed by atoms with Gasteiger partial charge in [0.1, 0.15) is 0 Å². The van der Waals surface area contributed by atoms with Crippen molar-refractivity contribution in [2.24, 2.45) is 0 Å². The Hall–Kier alpha value is -1.62. The van der Waals surface area contributed by atoms with E-state index in [1.165, 1.54) is 6.92 Å². The van der Waals surface area contributed by atoms with Gasteiger partial charge in [0.15, 0.2) is 6.23 Å². The van der Waals surface area contributed by atoms with E-state index in [1.54, 1.807) is 6.92 Å². The summed E-state index contributed by atoms with van der Waals surface area (Å²) < 4.78 is 66.3. The van der Waals surface area contributed by atoms with E-state index in [-0.39, 0.29) is 23.5 Å². The molecule has 23 heavy (non-hydrogen) atoms. The van der Waals surface area contributed by atoms with Gasteiger partial charge in [0, 0.05) is 6.54 Å². The van der Waals surface area contributed by atoms with Crippen molar-refractivity contribution in [2.75, 3.05) is 0 Å². The van der Waals surface area contributed by atoms with Gasteiger partial charge in [0.05, 0.1) is 21.7 Å². The number of ether oxygens (including phenoxy) is 1. The SMILES string of the molecule is Cc1c2c(nn1S(=O)(=O)C1(C)CC1)CNC2OC(=O)C(F)(F)F. The first-order valence-electron chi connectivity index (χ1n) is 6.82. The van der Waals surface area contributed by atoms with Crippen LogP contribution < -0.4 is 5.32 Å². The fraction of sp³-hybridized carbons (Fsp3) is 0.667. The van der Waals surface area contributed by atoms with E-state index in [0.717, 1.165) is 4.09 Å². The Morgan fingerprint density at radius 2 is 2.04 bits per heavy atom. The Labute approximate surface area is 129 Å². The van der Waals surface area contributed by atoms with Crippen molar-refractivity contribution in [1.82, 2.24) is 14.5 Å². The molecule has 2 aliphatic rings. The molecule has 0 aromatic carbocycles. The highest BCUT2D eigenvalue weighted by atomic mass is 32.2. The zero-order chi connectivity index (χ0) is 17.2. The van der Waals surface area contributed by atoms with Crippen LogP contribution in [0.1, 0.15) is 42.9 Å². The van der Waals surface area contributed by atoms with Crippen molar-refractivity contribution in [3.63, 3.8) is 0 Å². The summed E-state index contributed by atoms with van der Waals surface area (Å²) in [6.07, 6.45) is -5.48. The first-order chi connectivity index (χ1) is 10.5. The monoisotopic (exact) mass is 353 g/mol. The molecule has 0 amide bonds. The Kier molecular flexibility index (Phi) is 3.32. The summed E-state index contributed by atoms with van der Waals surface area (Å²) in [6, 6.07) is 0. The Bertz CT molecular complexity index is 780. The normalized spacial score (nSPS) is 22.7. The van der Waals surface area contributed by atoms with Gasteiger partial charge in [0.25, 0.3) is 10.0 Å². The average molecular weight is 353 g/mol. The van der Waals surface area contributed by atoms with Crippen LogP contribution in [-0.2, 0) is 26.1 Å². The predicted molar refractivity (Wildman–Crippen MR) is 70.6 cm³/mol. The molecule has 1 aromatic heterocycles. The summed E-state index contributed by atoms with van der Waals surface area (Å²) in [5.74, 6) is -2.34. The Morgan fingerprint density at radius 1 is 1.43 bits per heavy atom. The number of aromatic nitrogens is 2. The highest BCUT2D eigenvalue weighted by molar-refractivity contribution is 7.91. The lowest BCUT2D eigenvalue weighted by Crippen LogP contribution is -2.32. The number of nitrogens with one attached hydrogen (secondary N) is 1. The molecule has 7 nitrogen and oxygen atoms in total. The molecular formula is C12H14F3N3O4S. The molecule has 0 spiro atoms. The molecular weight excluding hydrogens is 339 g/mol. The van der Waals surface area contributed by atoms with Crippen molar-refractivity contribution >= 4 is 16.0 Å². The lowest BCUT2D eigenvalue weighted by atomic mass is 10.2. The maximum Gasteiger partial charge on any atom is 0.490 e. The summed E-state index contributed by atoms with van der Waals surface area (Å²) in [5.41, 5.74) is 0.573. The minimum atomic E-state index is -5.12.